The van der Waals surface area contributed by atoms with Gasteiger partial charge in [-0.15, -0.1) is 11.3 Å². The van der Waals surface area contributed by atoms with Crippen LogP contribution in [0, 0.1) is 6.92 Å². The Morgan fingerprint density at radius 3 is 2.76 bits per heavy atom. The molecule has 0 fully saturated rings. The van der Waals surface area contributed by atoms with E-state index in [0.717, 1.165) is 23.2 Å². The van der Waals surface area contributed by atoms with Gasteiger partial charge in [-0.2, -0.15) is 0 Å². The number of hydrogen-bond acceptors (Lipinski definition) is 3. The minimum absolute atomic E-state index is 0.151. The molecule has 17 heavy (non-hydrogen) atoms. The lowest BCUT2D eigenvalue weighted by atomic mass is 10.2. The lowest BCUT2D eigenvalue weighted by molar-refractivity contribution is 0.447. The maximum absolute atomic E-state index is 5.58. The number of hydrogen-bond donors (Lipinski definition) is 1. The first-order valence-corrected chi connectivity index (χ1v) is 7.36. The summed E-state index contributed by atoms with van der Waals surface area (Å²) in [5, 5.41) is 3.53. The molecule has 92 valence electrons. The number of thiophene rings is 1. The van der Waals surface area contributed by atoms with Crippen molar-refractivity contribution in [2.24, 2.45) is 0 Å². The highest BCUT2D eigenvalue weighted by atomic mass is 79.9. The van der Waals surface area contributed by atoms with Gasteiger partial charge in [-0.25, -0.2) is 0 Å². The van der Waals surface area contributed by atoms with E-state index in [2.05, 4.69) is 47.2 Å². The average molecular weight is 314 g/mol. The van der Waals surface area contributed by atoms with Crippen LogP contribution in [-0.2, 0) is 0 Å². The molecular formula is C13H16BrNOS. The van der Waals surface area contributed by atoms with Crippen LogP contribution in [0.1, 0.15) is 34.9 Å². The topological polar surface area (TPSA) is 25.2 Å². The van der Waals surface area contributed by atoms with E-state index in [0.29, 0.717) is 0 Å². The Morgan fingerprint density at radius 1 is 1.41 bits per heavy atom. The quantitative estimate of drug-likeness (QED) is 0.879. The van der Waals surface area contributed by atoms with Gasteiger partial charge < -0.3 is 9.73 Å². The van der Waals surface area contributed by atoms with Gasteiger partial charge in [0.2, 0.25) is 0 Å². The van der Waals surface area contributed by atoms with E-state index in [1.165, 1.54) is 9.75 Å². The third-order valence-electron chi connectivity index (χ3n) is 2.55. The van der Waals surface area contributed by atoms with Crippen LogP contribution in [0.3, 0.4) is 0 Å². The molecule has 0 saturated heterocycles. The highest BCUT2D eigenvalue weighted by Crippen LogP contribution is 2.33. The molecule has 1 N–H and O–H groups in total. The van der Waals surface area contributed by atoms with Crippen LogP contribution in [0.15, 0.2) is 33.4 Å². The zero-order valence-electron chi connectivity index (χ0n) is 10.00. The fraction of sp³-hybridized carbons (Fsp3) is 0.385. The third kappa shape index (κ3) is 3.00. The molecule has 0 aliphatic carbocycles. The second-order valence-electron chi connectivity index (χ2n) is 3.97. The van der Waals surface area contributed by atoms with Gasteiger partial charge in [0, 0.05) is 9.75 Å². The van der Waals surface area contributed by atoms with Gasteiger partial charge in [0.15, 0.2) is 0 Å². The fourth-order valence-electron chi connectivity index (χ4n) is 1.73. The summed E-state index contributed by atoms with van der Waals surface area (Å²) in [7, 11) is 0. The van der Waals surface area contributed by atoms with Crippen molar-refractivity contribution in [2.45, 2.75) is 26.3 Å². The maximum Gasteiger partial charge on any atom is 0.140 e. The average Bonchev–Trinajstić information content (AvgIpc) is 2.90. The van der Waals surface area contributed by atoms with Gasteiger partial charge in [0.05, 0.1) is 10.7 Å². The lowest BCUT2D eigenvalue weighted by Gasteiger charge is -2.15. The largest absolute Gasteiger partial charge is 0.466 e. The molecule has 1 atom stereocenters. The van der Waals surface area contributed by atoms with Gasteiger partial charge in [0.1, 0.15) is 11.8 Å². The first-order chi connectivity index (χ1) is 8.22. The van der Waals surface area contributed by atoms with Crippen molar-refractivity contribution in [3.63, 3.8) is 0 Å². The van der Waals surface area contributed by atoms with Crippen LogP contribution < -0.4 is 5.32 Å². The molecule has 0 amide bonds. The number of rotatable bonds is 5. The van der Waals surface area contributed by atoms with Gasteiger partial charge in [-0.05, 0) is 54.0 Å². The van der Waals surface area contributed by atoms with Gasteiger partial charge in [-0.1, -0.05) is 6.92 Å². The molecule has 2 aromatic heterocycles. The van der Waals surface area contributed by atoms with Crippen molar-refractivity contribution in [3.8, 4) is 0 Å². The predicted molar refractivity (Wildman–Crippen MR) is 75.6 cm³/mol. The Balaban J connectivity index is 2.28. The summed E-state index contributed by atoms with van der Waals surface area (Å²) in [6.45, 7) is 5.28. The van der Waals surface area contributed by atoms with Crippen LogP contribution in [0.4, 0.5) is 0 Å². The van der Waals surface area contributed by atoms with Crippen LogP contribution in [0.5, 0.6) is 0 Å². The van der Waals surface area contributed by atoms with Crippen molar-refractivity contribution >= 4 is 27.3 Å². The number of nitrogens with one attached hydrogen (secondary N) is 1. The molecule has 2 aromatic rings. The Kier molecular flexibility index (Phi) is 4.42. The van der Waals surface area contributed by atoms with Gasteiger partial charge in [-0.3, -0.25) is 0 Å². The summed E-state index contributed by atoms with van der Waals surface area (Å²) >= 11 is 5.34. The fourth-order valence-corrected chi connectivity index (χ4v) is 3.11. The second-order valence-corrected chi connectivity index (χ2v) is 6.14. The second kappa shape index (κ2) is 5.85. The summed E-state index contributed by atoms with van der Waals surface area (Å²) in [6.07, 6.45) is 2.83. The maximum atomic E-state index is 5.58. The zero-order valence-corrected chi connectivity index (χ0v) is 12.4. The Hall–Kier alpha value is -0.580. The Morgan fingerprint density at radius 2 is 2.24 bits per heavy atom. The minimum Gasteiger partial charge on any atom is -0.466 e. The number of furan rings is 1. The molecule has 0 aromatic carbocycles. The molecule has 0 aliphatic rings. The first kappa shape index (κ1) is 12.9. The van der Waals surface area contributed by atoms with Crippen molar-refractivity contribution in [2.75, 3.05) is 6.54 Å². The molecule has 0 bridgehead atoms. The first-order valence-electron chi connectivity index (χ1n) is 5.75. The standard InChI is InChI=1S/C13H16BrNOS/c1-3-7-15-12(11-5-4-9(2)17-11)13-10(14)6-8-16-13/h4-6,8,12,15H,3,7H2,1-2H3. The number of aryl methyl sites for hydroxylation is 1. The van der Waals surface area contributed by atoms with Crippen LogP contribution in [0.2, 0.25) is 0 Å². The zero-order chi connectivity index (χ0) is 12.3. The summed E-state index contributed by atoms with van der Waals surface area (Å²) in [5.74, 6) is 0.959. The van der Waals surface area contributed by atoms with Crippen LogP contribution in [0.25, 0.3) is 0 Å². The monoisotopic (exact) mass is 313 g/mol. The third-order valence-corrected chi connectivity index (χ3v) is 4.27. The molecule has 4 heteroatoms. The highest BCUT2D eigenvalue weighted by molar-refractivity contribution is 9.10. The summed E-state index contributed by atoms with van der Waals surface area (Å²) < 4.78 is 6.61. The van der Waals surface area contributed by atoms with Gasteiger partial charge in [0.25, 0.3) is 0 Å². The molecule has 0 radical (unpaired) electrons. The Bertz CT molecular complexity index is 477. The van der Waals surface area contributed by atoms with Crippen molar-refractivity contribution in [3.05, 3.63) is 44.4 Å². The van der Waals surface area contributed by atoms with Crippen molar-refractivity contribution in [1.82, 2.24) is 5.32 Å². The van der Waals surface area contributed by atoms with E-state index in [1.807, 2.05) is 17.4 Å². The molecular weight excluding hydrogens is 298 g/mol. The van der Waals surface area contributed by atoms with E-state index in [1.54, 1.807) is 6.26 Å². The minimum atomic E-state index is 0.151. The van der Waals surface area contributed by atoms with Crippen LogP contribution in [-0.4, -0.2) is 6.54 Å². The van der Waals surface area contributed by atoms with Crippen molar-refractivity contribution < 1.29 is 4.42 Å². The molecule has 1 unspecified atom stereocenters. The summed E-state index contributed by atoms with van der Waals surface area (Å²) in [6, 6.07) is 6.41. The molecule has 2 heterocycles. The van der Waals surface area contributed by atoms with Gasteiger partial charge >= 0.3 is 0 Å². The molecule has 0 saturated carbocycles. The van der Waals surface area contributed by atoms with E-state index >= 15 is 0 Å². The van der Waals surface area contributed by atoms with Crippen molar-refractivity contribution in [1.29, 1.82) is 0 Å². The Labute approximate surface area is 114 Å². The summed E-state index contributed by atoms with van der Waals surface area (Å²) in [4.78, 5) is 2.62. The molecule has 2 rings (SSSR count). The van der Waals surface area contributed by atoms with E-state index < -0.39 is 0 Å². The highest BCUT2D eigenvalue weighted by Gasteiger charge is 2.20. The lowest BCUT2D eigenvalue weighted by Crippen LogP contribution is -2.22. The SMILES string of the molecule is CCCNC(c1ccc(C)s1)c1occc1Br. The predicted octanol–water partition coefficient (Wildman–Crippen LogP) is 4.50. The van der Waals surface area contributed by atoms with E-state index in [4.69, 9.17) is 4.42 Å². The molecule has 0 aliphatic heterocycles. The molecule has 0 spiro atoms. The van der Waals surface area contributed by atoms with E-state index in [9.17, 15) is 0 Å². The normalized spacial score (nSPS) is 12.9. The smallest absolute Gasteiger partial charge is 0.140 e. The summed E-state index contributed by atoms with van der Waals surface area (Å²) in [5.41, 5.74) is 0. The number of halogens is 1. The van der Waals surface area contributed by atoms with E-state index in [-0.39, 0.29) is 6.04 Å². The van der Waals surface area contributed by atoms with Crippen LogP contribution >= 0.6 is 27.3 Å². The molecule has 2 nitrogen and oxygen atoms in total.